The quantitative estimate of drug-likeness (QED) is 0.542. The van der Waals surface area contributed by atoms with Gasteiger partial charge in [-0.1, -0.05) is 12.1 Å². The van der Waals surface area contributed by atoms with E-state index in [0.29, 0.717) is 49.5 Å². The van der Waals surface area contributed by atoms with Gasteiger partial charge in [-0.3, -0.25) is 9.59 Å². The van der Waals surface area contributed by atoms with Crippen LogP contribution in [-0.4, -0.2) is 55.1 Å². The lowest BCUT2D eigenvalue weighted by Crippen LogP contribution is -2.47. The second-order valence-corrected chi connectivity index (χ2v) is 9.64. The Bertz CT molecular complexity index is 1110. The number of carbonyl (C=O) groups excluding carboxylic acids is 2. The van der Waals surface area contributed by atoms with E-state index < -0.39 is 12.2 Å². The number of carbonyl (C=O) groups is 2. The van der Waals surface area contributed by atoms with Crippen LogP contribution in [0.3, 0.4) is 0 Å². The first kappa shape index (κ1) is 24.7. The lowest BCUT2D eigenvalue weighted by Gasteiger charge is -2.37. The van der Waals surface area contributed by atoms with Crippen molar-refractivity contribution >= 4 is 17.5 Å². The summed E-state index contributed by atoms with van der Waals surface area (Å²) in [6.07, 6.45) is 0.733. The van der Waals surface area contributed by atoms with Crippen molar-refractivity contribution in [1.29, 1.82) is 0 Å². The molecule has 192 valence electrons. The summed E-state index contributed by atoms with van der Waals surface area (Å²) < 4.78 is 30.9. The second kappa shape index (κ2) is 10.9. The van der Waals surface area contributed by atoms with Crippen molar-refractivity contribution in [2.75, 3.05) is 25.1 Å². The van der Waals surface area contributed by atoms with E-state index in [4.69, 9.17) is 14.2 Å². The number of fused-ring (bicyclic) bond motifs is 3. The summed E-state index contributed by atoms with van der Waals surface area (Å²) in [6, 6.07) is 11.7. The van der Waals surface area contributed by atoms with E-state index in [-0.39, 0.29) is 55.1 Å². The van der Waals surface area contributed by atoms with Gasteiger partial charge in [-0.15, -0.1) is 0 Å². The van der Waals surface area contributed by atoms with Gasteiger partial charge in [-0.05, 0) is 55.2 Å². The van der Waals surface area contributed by atoms with Gasteiger partial charge in [-0.25, -0.2) is 4.39 Å². The maximum Gasteiger partial charge on any atom is 0.227 e. The molecular weight excluding hydrogens is 467 g/mol. The van der Waals surface area contributed by atoms with Gasteiger partial charge in [0.2, 0.25) is 11.8 Å². The molecule has 0 saturated carbocycles. The van der Waals surface area contributed by atoms with Crippen LogP contribution < -0.4 is 15.4 Å². The number of aliphatic hydroxyl groups is 1. The second-order valence-electron chi connectivity index (χ2n) is 9.64. The Labute approximate surface area is 209 Å². The molecular formula is C27H31FN2O6. The molecule has 0 spiro atoms. The Morgan fingerprint density at radius 3 is 2.72 bits per heavy atom. The Morgan fingerprint density at radius 1 is 1.11 bits per heavy atom. The van der Waals surface area contributed by atoms with E-state index in [9.17, 15) is 19.1 Å². The van der Waals surface area contributed by atoms with E-state index in [0.717, 1.165) is 5.56 Å². The van der Waals surface area contributed by atoms with Gasteiger partial charge < -0.3 is 30.0 Å². The first-order valence-electron chi connectivity index (χ1n) is 12.5. The zero-order valence-electron chi connectivity index (χ0n) is 20.0. The molecule has 3 N–H and O–H groups in total. The summed E-state index contributed by atoms with van der Waals surface area (Å²) in [5.74, 6) is -0.0116. The normalized spacial score (nSPS) is 25.4. The van der Waals surface area contributed by atoms with Gasteiger partial charge in [0.05, 0.1) is 19.1 Å². The van der Waals surface area contributed by atoms with Crippen LogP contribution in [0.1, 0.15) is 42.7 Å². The molecule has 5 rings (SSSR count). The fourth-order valence-electron chi connectivity index (χ4n) is 5.30. The van der Waals surface area contributed by atoms with Gasteiger partial charge in [-0.2, -0.15) is 0 Å². The van der Waals surface area contributed by atoms with Crippen molar-refractivity contribution in [1.82, 2.24) is 5.32 Å². The highest BCUT2D eigenvalue weighted by molar-refractivity contribution is 5.92. The number of anilines is 1. The average Bonchev–Trinajstić information content (AvgIpc) is 3.25. The molecule has 4 atom stereocenters. The summed E-state index contributed by atoms with van der Waals surface area (Å²) in [4.78, 5) is 25.3. The minimum absolute atomic E-state index is 0.0122. The third-order valence-electron chi connectivity index (χ3n) is 7.15. The molecule has 9 heteroatoms. The topological polar surface area (TPSA) is 106 Å². The van der Waals surface area contributed by atoms with Crippen molar-refractivity contribution in [3.63, 3.8) is 0 Å². The summed E-state index contributed by atoms with van der Waals surface area (Å²) in [5.41, 5.74) is 2.32. The van der Waals surface area contributed by atoms with Crippen LogP contribution in [-0.2, 0) is 25.6 Å². The fraction of sp³-hybridized carbons (Fsp3) is 0.481. The molecule has 3 aliphatic heterocycles. The maximum absolute atomic E-state index is 13.4. The lowest BCUT2D eigenvalue weighted by molar-refractivity contribution is -0.142. The summed E-state index contributed by atoms with van der Waals surface area (Å²) in [7, 11) is 0. The van der Waals surface area contributed by atoms with Crippen LogP contribution in [0.25, 0.3) is 0 Å². The number of halogens is 1. The molecule has 0 unspecified atom stereocenters. The number of aliphatic hydroxyl groups excluding tert-OH is 1. The Balaban J connectivity index is 1.23. The number of hydrogen-bond donors (Lipinski definition) is 3. The number of hydrogen-bond acceptors (Lipinski definition) is 6. The molecule has 3 heterocycles. The highest BCUT2D eigenvalue weighted by Gasteiger charge is 2.46. The molecule has 2 fully saturated rings. The average molecular weight is 499 g/mol. The Morgan fingerprint density at radius 2 is 1.94 bits per heavy atom. The van der Waals surface area contributed by atoms with Gasteiger partial charge in [0.25, 0.3) is 0 Å². The van der Waals surface area contributed by atoms with Gasteiger partial charge in [0, 0.05) is 42.8 Å². The van der Waals surface area contributed by atoms with Crippen LogP contribution in [0, 0.1) is 11.7 Å². The van der Waals surface area contributed by atoms with Crippen LogP contribution >= 0.6 is 0 Å². The fourth-order valence-corrected chi connectivity index (χ4v) is 5.30. The zero-order chi connectivity index (χ0) is 25.1. The number of amides is 2. The molecule has 3 aliphatic rings. The van der Waals surface area contributed by atoms with Crippen molar-refractivity contribution in [3.05, 3.63) is 59.4 Å². The van der Waals surface area contributed by atoms with Gasteiger partial charge >= 0.3 is 0 Å². The molecule has 0 aliphatic carbocycles. The summed E-state index contributed by atoms with van der Waals surface area (Å²) in [5, 5.41) is 15.8. The van der Waals surface area contributed by atoms with Crippen LogP contribution in [0.15, 0.2) is 42.5 Å². The number of ether oxygens (including phenoxy) is 3. The predicted octanol–water partition coefficient (Wildman–Crippen LogP) is 2.89. The standard InChI is InChI=1S/C27H31FN2O6/c28-18-3-1-2-16(10-18)14-29-25(32)13-20-12-22-21-11-19(30-27(33)17-6-8-34-9-7-17)4-5-23(21)36-26(22)24(15-31)35-20/h1-5,10-11,17,20,22,24,26,31H,6-9,12-15H2,(H,29,32)(H,30,33)/t20-,22-,24-,26+/m0/s1. The molecule has 2 amide bonds. The molecule has 8 nitrogen and oxygen atoms in total. The van der Waals surface area contributed by atoms with Crippen molar-refractivity contribution in [2.45, 2.75) is 56.5 Å². The monoisotopic (exact) mass is 498 g/mol. The Kier molecular flexibility index (Phi) is 7.50. The maximum atomic E-state index is 13.4. The van der Waals surface area contributed by atoms with Gasteiger partial charge in [0.1, 0.15) is 23.8 Å². The van der Waals surface area contributed by atoms with E-state index in [1.54, 1.807) is 12.1 Å². The minimum Gasteiger partial charge on any atom is -0.487 e. The SMILES string of the molecule is O=C(C[C@@H]1C[C@H]2c3cc(NC(=O)C4CCOCC4)ccc3O[C@H]2[C@H](CO)O1)NCc1cccc(F)c1. The highest BCUT2D eigenvalue weighted by atomic mass is 19.1. The third-order valence-corrected chi connectivity index (χ3v) is 7.15. The molecule has 0 radical (unpaired) electrons. The highest BCUT2D eigenvalue weighted by Crippen LogP contribution is 2.47. The first-order chi connectivity index (χ1) is 17.5. The van der Waals surface area contributed by atoms with E-state index in [1.807, 2.05) is 18.2 Å². The van der Waals surface area contributed by atoms with Crippen molar-refractivity contribution < 1.29 is 33.3 Å². The molecule has 0 bridgehead atoms. The summed E-state index contributed by atoms with van der Waals surface area (Å²) in [6.45, 7) is 1.18. The lowest BCUT2D eigenvalue weighted by atomic mass is 9.84. The molecule has 2 saturated heterocycles. The largest absolute Gasteiger partial charge is 0.487 e. The van der Waals surface area contributed by atoms with E-state index >= 15 is 0 Å². The molecule has 0 aromatic heterocycles. The van der Waals surface area contributed by atoms with Crippen molar-refractivity contribution in [3.8, 4) is 5.75 Å². The smallest absolute Gasteiger partial charge is 0.227 e. The minimum atomic E-state index is -0.572. The van der Waals surface area contributed by atoms with Crippen molar-refractivity contribution in [2.24, 2.45) is 5.92 Å². The number of rotatable bonds is 7. The van der Waals surface area contributed by atoms with E-state index in [1.165, 1.54) is 12.1 Å². The molecule has 2 aromatic carbocycles. The molecule has 36 heavy (non-hydrogen) atoms. The number of nitrogens with one attached hydrogen (secondary N) is 2. The van der Waals surface area contributed by atoms with E-state index in [2.05, 4.69) is 10.6 Å². The zero-order valence-corrected chi connectivity index (χ0v) is 20.0. The Hall–Kier alpha value is -3.01. The summed E-state index contributed by atoms with van der Waals surface area (Å²) >= 11 is 0. The van der Waals surface area contributed by atoms with Gasteiger partial charge in [0.15, 0.2) is 0 Å². The van der Waals surface area contributed by atoms with Crippen LogP contribution in [0.5, 0.6) is 5.75 Å². The first-order valence-corrected chi connectivity index (χ1v) is 12.5. The predicted molar refractivity (Wildman–Crippen MR) is 129 cm³/mol. The van der Waals surface area contributed by atoms with Crippen LogP contribution in [0.4, 0.5) is 10.1 Å². The van der Waals surface area contributed by atoms with Crippen LogP contribution in [0.2, 0.25) is 0 Å². The number of benzene rings is 2. The third kappa shape index (κ3) is 5.53. The molecule has 2 aromatic rings.